The van der Waals surface area contributed by atoms with Gasteiger partial charge in [-0.25, -0.2) is 0 Å². The molecule has 3 rings (SSSR count). The number of amides is 3. The highest BCUT2D eigenvalue weighted by Crippen LogP contribution is 2.34. The fourth-order valence-corrected chi connectivity index (χ4v) is 3.94. The Kier molecular flexibility index (Phi) is 7.09. The minimum absolute atomic E-state index is 0.00514. The average molecular weight is 427 g/mol. The van der Waals surface area contributed by atoms with Gasteiger partial charge in [-0.15, -0.1) is 0 Å². The van der Waals surface area contributed by atoms with Gasteiger partial charge in [0.1, 0.15) is 5.76 Å². The van der Waals surface area contributed by atoms with E-state index in [0.717, 1.165) is 24.0 Å². The Balaban J connectivity index is 1.79. The molecule has 0 saturated carbocycles. The molecule has 1 aliphatic heterocycles. The number of aromatic nitrogens is 1. The molecule has 1 saturated heterocycles. The summed E-state index contributed by atoms with van der Waals surface area (Å²) in [7, 11) is 3.46. The number of hydrogen-bond donors (Lipinski definition) is 1. The monoisotopic (exact) mass is 426 g/mol. The molecule has 1 fully saturated rings. The third-order valence-electron chi connectivity index (χ3n) is 5.59. The second-order valence-electron chi connectivity index (χ2n) is 8.24. The van der Waals surface area contributed by atoms with Gasteiger partial charge in [0, 0.05) is 59.1 Å². The van der Waals surface area contributed by atoms with Gasteiger partial charge >= 0.3 is 0 Å². The molecule has 0 unspecified atom stereocenters. The molecular formula is C23H30N4O4. The number of carbonyl (C=O) groups is 3. The number of carbonyl (C=O) groups excluding carboxylic acids is 3. The smallest absolute Gasteiger partial charge is 0.276 e. The minimum Gasteiger partial charge on any atom is -0.361 e. The lowest BCUT2D eigenvalue weighted by Gasteiger charge is -2.21. The maximum atomic E-state index is 13.0. The Morgan fingerprint density at radius 1 is 1.19 bits per heavy atom. The first-order valence-electron chi connectivity index (χ1n) is 10.6. The fourth-order valence-electron chi connectivity index (χ4n) is 3.94. The summed E-state index contributed by atoms with van der Waals surface area (Å²) < 4.78 is 5.26. The zero-order valence-electron chi connectivity index (χ0n) is 18.6. The van der Waals surface area contributed by atoms with Crippen molar-refractivity contribution in [2.75, 3.05) is 27.2 Å². The molecule has 1 aromatic carbocycles. The van der Waals surface area contributed by atoms with Crippen LogP contribution in [0.2, 0.25) is 0 Å². The summed E-state index contributed by atoms with van der Waals surface area (Å²) in [5.41, 5.74) is 2.26. The van der Waals surface area contributed by atoms with Crippen molar-refractivity contribution in [1.29, 1.82) is 0 Å². The Labute approximate surface area is 182 Å². The van der Waals surface area contributed by atoms with E-state index in [1.165, 1.54) is 6.92 Å². The number of likely N-dealkylation sites (tertiary alicyclic amines) is 1. The van der Waals surface area contributed by atoms with Gasteiger partial charge in [0.05, 0.1) is 5.92 Å². The van der Waals surface area contributed by atoms with Crippen molar-refractivity contribution in [3.8, 4) is 0 Å². The zero-order valence-corrected chi connectivity index (χ0v) is 18.6. The molecule has 2 heterocycles. The molecule has 0 aliphatic carbocycles. The van der Waals surface area contributed by atoms with Gasteiger partial charge in [-0.1, -0.05) is 36.3 Å². The summed E-state index contributed by atoms with van der Waals surface area (Å²) in [6.07, 6.45) is 1.64. The van der Waals surface area contributed by atoms with Gasteiger partial charge in [-0.2, -0.15) is 0 Å². The predicted molar refractivity (Wildman–Crippen MR) is 115 cm³/mol. The molecule has 2 aromatic rings. The summed E-state index contributed by atoms with van der Waals surface area (Å²) in [6.45, 7) is 4.75. The number of benzene rings is 1. The highest BCUT2D eigenvalue weighted by Gasteiger charge is 2.41. The van der Waals surface area contributed by atoms with E-state index in [4.69, 9.17) is 4.52 Å². The van der Waals surface area contributed by atoms with Gasteiger partial charge in [-0.3, -0.25) is 14.4 Å². The second kappa shape index (κ2) is 9.76. The highest BCUT2D eigenvalue weighted by atomic mass is 16.5. The molecule has 0 bridgehead atoms. The van der Waals surface area contributed by atoms with Crippen LogP contribution in [-0.2, 0) is 22.6 Å². The van der Waals surface area contributed by atoms with Crippen LogP contribution < -0.4 is 5.32 Å². The van der Waals surface area contributed by atoms with E-state index in [9.17, 15) is 14.4 Å². The molecule has 8 heteroatoms. The molecule has 2 atom stereocenters. The zero-order chi connectivity index (χ0) is 22.5. The first kappa shape index (κ1) is 22.5. The molecule has 3 amide bonds. The van der Waals surface area contributed by atoms with Gasteiger partial charge in [0.25, 0.3) is 5.91 Å². The Bertz CT molecular complexity index is 935. The lowest BCUT2D eigenvalue weighted by Crippen LogP contribution is -2.35. The second-order valence-corrected chi connectivity index (χ2v) is 8.24. The molecule has 1 N–H and O–H groups in total. The van der Waals surface area contributed by atoms with E-state index in [1.54, 1.807) is 30.0 Å². The van der Waals surface area contributed by atoms with Gasteiger partial charge in [0.2, 0.25) is 11.8 Å². The van der Waals surface area contributed by atoms with Gasteiger partial charge in [0.15, 0.2) is 5.69 Å². The number of rotatable bonds is 7. The van der Waals surface area contributed by atoms with Crippen LogP contribution in [0.1, 0.15) is 53.6 Å². The average Bonchev–Trinajstić information content (AvgIpc) is 3.39. The van der Waals surface area contributed by atoms with Gasteiger partial charge < -0.3 is 19.6 Å². The molecule has 166 valence electrons. The number of nitrogens with one attached hydrogen (secondary N) is 1. The topological polar surface area (TPSA) is 95.8 Å². The molecule has 1 aliphatic rings. The Morgan fingerprint density at radius 2 is 1.90 bits per heavy atom. The van der Waals surface area contributed by atoms with Crippen molar-refractivity contribution >= 4 is 17.7 Å². The normalized spacial score (nSPS) is 18.1. The van der Waals surface area contributed by atoms with Crippen LogP contribution in [0.15, 0.2) is 34.9 Å². The number of hydrogen-bond acceptors (Lipinski definition) is 5. The lowest BCUT2D eigenvalue weighted by molar-refractivity contribution is -0.132. The first-order valence-corrected chi connectivity index (χ1v) is 10.6. The molecule has 8 nitrogen and oxygen atoms in total. The third kappa shape index (κ3) is 5.31. The van der Waals surface area contributed by atoms with E-state index in [-0.39, 0.29) is 35.3 Å². The Morgan fingerprint density at radius 3 is 2.52 bits per heavy atom. The van der Waals surface area contributed by atoms with Crippen LogP contribution in [0.5, 0.6) is 0 Å². The van der Waals surface area contributed by atoms with Crippen LogP contribution in [0.25, 0.3) is 0 Å². The fraction of sp³-hybridized carbons (Fsp3) is 0.478. The summed E-state index contributed by atoms with van der Waals surface area (Å²) in [4.78, 5) is 40.3. The van der Waals surface area contributed by atoms with Crippen LogP contribution in [0, 0.1) is 5.92 Å². The summed E-state index contributed by atoms with van der Waals surface area (Å²) in [5, 5.41) is 6.71. The molecular weight excluding hydrogens is 396 g/mol. The highest BCUT2D eigenvalue weighted by molar-refractivity contribution is 5.93. The quantitative estimate of drug-likeness (QED) is 0.732. The van der Waals surface area contributed by atoms with Crippen molar-refractivity contribution in [2.45, 2.75) is 39.2 Å². The maximum absolute atomic E-state index is 13.0. The minimum atomic E-state index is -0.331. The van der Waals surface area contributed by atoms with E-state index >= 15 is 0 Å². The van der Waals surface area contributed by atoms with E-state index in [0.29, 0.717) is 25.4 Å². The summed E-state index contributed by atoms with van der Waals surface area (Å²) in [5.74, 6) is -0.0578. The standard InChI is InChI=1S/C23H30N4O4/c1-5-6-18-11-21(25-31-18)23(30)27-13-19(20(14-27)22(29)26(3)4)17-9-7-16(8-10-17)12-24-15(2)28/h7-11,19-20H,5-6,12-14H2,1-4H3,(H,24,28)/t19-,20+/m1/s1. The van der Waals surface area contributed by atoms with Crippen LogP contribution in [-0.4, -0.2) is 59.9 Å². The summed E-state index contributed by atoms with van der Waals surface area (Å²) >= 11 is 0. The van der Waals surface area contributed by atoms with E-state index < -0.39 is 0 Å². The largest absolute Gasteiger partial charge is 0.361 e. The third-order valence-corrected chi connectivity index (χ3v) is 5.59. The SMILES string of the molecule is CCCc1cc(C(=O)N2C[C@H](C(=O)N(C)C)[C@@H](c3ccc(CNC(C)=O)cc3)C2)no1. The lowest BCUT2D eigenvalue weighted by atomic mass is 9.87. The maximum Gasteiger partial charge on any atom is 0.276 e. The van der Waals surface area contributed by atoms with Crippen molar-refractivity contribution in [3.05, 3.63) is 52.9 Å². The summed E-state index contributed by atoms with van der Waals surface area (Å²) in [6, 6.07) is 9.53. The predicted octanol–water partition coefficient (Wildman–Crippen LogP) is 2.21. The number of aryl methyl sites for hydroxylation is 1. The van der Waals surface area contributed by atoms with Crippen molar-refractivity contribution in [2.24, 2.45) is 5.92 Å². The first-order chi connectivity index (χ1) is 14.8. The van der Waals surface area contributed by atoms with Crippen LogP contribution >= 0.6 is 0 Å². The van der Waals surface area contributed by atoms with E-state index in [1.807, 2.05) is 31.2 Å². The number of nitrogens with zero attached hydrogens (tertiary/aromatic N) is 3. The molecule has 31 heavy (non-hydrogen) atoms. The van der Waals surface area contributed by atoms with Crippen molar-refractivity contribution in [3.63, 3.8) is 0 Å². The van der Waals surface area contributed by atoms with Crippen LogP contribution in [0.4, 0.5) is 0 Å². The molecule has 1 aromatic heterocycles. The van der Waals surface area contributed by atoms with Crippen molar-refractivity contribution < 1.29 is 18.9 Å². The molecule has 0 radical (unpaired) electrons. The van der Waals surface area contributed by atoms with Gasteiger partial charge in [-0.05, 0) is 17.5 Å². The van der Waals surface area contributed by atoms with Crippen molar-refractivity contribution in [1.82, 2.24) is 20.3 Å². The Hall–Kier alpha value is -3.16. The van der Waals surface area contributed by atoms with E-state index in [2.05, 4.69) is 10.5 Å². The van der Waals surface area contributed by atoms with Crippen LogP contribution in [0.3, 0.4) is 0 Å². The molecule has 0 spiro atoms.